The van der Waals surface area contributed by atoms with Crippen LogP contribution in [0.25, 0.3) is 0 Å². The number of aliphatic hydroxyl groups excluding tert-OH is 1. The SMILES string of the molecule is CCC(=O)N[C@H]1CCCN(C[C@H](O)c2ccc(Cl)cc2Cl)C1. The number of hydrogen-bond acceptors (Lipinski definition) is 3. The van der Waals surface area contributed by atoms with Crippen LogP contribution in [0.1, 0.15) is 37.9 Å². The Labute approximate surface area is 141 Å². The van der Waals surface area contributed by atoms with Crippen molar-refractivity contribution in [2.45, 2.75) is 38.3 Å². The summed E-state index contributed by atoms with van der Waals surface area (Å²) in [5, 5.41) is 14.5. The van der Waals surface area contributed by atoms with Gasteiger partial charge in [0.05, 0.1) is 6.10 Å². The van der Waals surface area contributed by atoms with Gasteiger partial charge in [-0.05, 0) is 31.5 Å². The first-order valence-electron chi connectivity index (χ1n) is 7.64. The molecule has 0 saturated carbocycles. The molecule has 122 valence electrons. The molecule has 1 fully saturated rings. The van der Waals surface area contributed by atoms with Gasteiger partial charge in [0.15, 0.2) is 0 Å². The van der Waals surface area contributed by atoms with Crippen molar-refractivity contribution < 1.29 is 9.90 Å². The molecule has 2 N–H and O–H groups in total. The molecule has 1 saturated heterocycles. The molecule has 2 rings (SSSR count). The number of hydrogen-bond donors (Lipinski definition) is 2. The van der Waals surface area contributed by atoms with Crippen LogP contribution in [0.4, 0.5) is 0 Å². The summed E-state index contributed by atoms with van der Waals surface area (Å²) >= 11 is 12.0. The van der Waals surface area contributed by atoms with Crippen LogP contribution >= 0.6 is 23.2 Å². The van der Waals surface area contributed by atoms with Gasteiger partial charge in [0.1, 0.15) is 0 Å². The number of piperidine rings is 1. The number of nitrogens with zero attached hydrogens (tertiary/aromatic N) is 1. The number of halogens is 2. The number of carbonyl (C=O) groups is 1. The quantitative estimate of drug-likeness (QED) is 0.863. The van der Waals surface area contributed by atoms with Crippen LogP contribution in [0.3, 0.4) is 0 Å². The molecule has 6 heteroatoms. The summed E-state index contributed by atoms with van der Waals surface area (Å²) in [4.78, 5) is 13.7. The molecule has 0 aromatic heterocycles. The van der Waals surface area contributed by atoms with E-state index >= 15 is 0 Å². The molecular weight excluding hydrogens is 323 g/mol. The number of aliphatic hydroxyl groups is 1. The van der Waals surface area contributed by atoms with Crippen LogP contribution in [0.15, 0.2) is 18.2 Å². The largest absolute Gasteiger partial charge is 0.387 e. The third-order valence-corrected chi connectivity index (χ3v) is 4.51. The van der Waals surface area contributed by atoms with Crippen LogP contribution in [-0.2, 0) is 4.79 Å². The molecule has 0 bridgehead atoms. The number of rotatable bonds is 5. The second-order valence-corrected chi connectivity index (χ2v) is 6.55. The molecule has 1 aromatic carbocycles. The fraction of sp³-hybridized carbons (Fsp3) is 0.562. The summed E-state index contributed by atoms with van der Waals surface area (Å²) in [5.74, 6) is 0.0770. The zero-order chi connectivity index (χ0) is 16.1. The monoisotopic (exact) mass is 344 g/mol. The zero-order valence-electron chi connectivity index (χ0n) is 12.7. The van der Waals surface area contributed by atoms with Crippen LogP contribution in [0, 0.1) is 0 Å². The first kappa shape index (κ1) is 17.5. The lowest BCUT2D eigenvalue weighted by molar-refractivity contribution is -0.121. The highest BCUT2D eigenvalue weighted by molar-refractivity contribution is 6.35. The Hall–Kier alpha value is -0.810. The number of carbonyl (C=O) groups excluding carboxylic acids is 1. The van der Waals surface area contributed by atoms with Crippen molar-refractivity contribution in [2.24, 2.45) is 0 Å². The molecule has 1 aliphatic heterocycles. The second kappa shape index (κ2) is 8.16. The Morgan fingerprint density at radius 3 is 2.95 bits per heavy atom. The predicted octanol–water partition coefficient (Wildman–Crippen LogP) is 3.02. The van der Waals surface area contributed by atoms with Gasteiger partial charge in [0, 0.05) is 41.2 Å². The smallest absolute Gasteiger partial charge is 0.219 e. The highest BCUT2D eigenvalue weighted by Crippen LogP contribution is 2.27. The first-order valence-corrected chi connectivity index (χ1v) is 8.40. The van der Waals surface area contributed by atoms with Gasteiger partial charge in [-0.25, -0.2) is 0 Å². The maximum Gasteiger partial charge on any atom is 0.219 e. The predicted molar refractivity (Wildman–Crippen MR) is 89.3 cm³/mol. The fourth-order valence-corrected chi connectivity index (χ4v) is 3.32. The molecule has 0 unspecified atom stereocenters. The van der Waals surface area contributed by atoms with Gasteiger partial charge in [-0.15, -0.1) is 0 Å². The first-order chi connectivity index (χ1) is 10.5. The normalized spacial score (nSPS) is 20.6. The van der Waals surface area contributed by atoms with Crippen molar-refractivity contribution in [2.75, 3.05) is 19.6 Å². The van der Waals surface area contributed by atoms with Crippen LogP contribution < -0.4 is 5.32 Å². The Kier molecular flexibility index (Phi) is 6.50. The molecule has 4 nitrogen and oxygen atoms in total. The van der Waals surface area contributed by atoms with Crippen molar-refractivity contribution in [3.05, 3.63) is 33.8 Å². The van der Waals surface area contributed by atoms with Gasteiger partial charge in [-0.3, -0.25) is 9.69 Å². The van der Waals surface area contributed by atoms with Crippen LogP contribution in [-0.4, -0.2) is 41.6 Å². The number of nitrogens with one attached hydrogen (secondary N) is 1. The van der Waals surface area contributed by atoms with E-state index in [1.807, 2.05) is 6.92 Å². The van der Waals surface area contributed by atoms with Gasteiger partial charge in [-0.1, -0.05) is 36.2 Å². The van der Waals surface area contributed by atoms with Crippen molar-refractivity contribution in [1.29, 1.82) is 0 Å². The summed E-state index contributed by atoms with van der Waals surface area (Å²) < 4.78 is 0. The van der Waals surface area contributed by atoms with Crippen molar-refractivity contribution >= 4 is 29.1 Å². The lowest BCUT2D eigenvalue weighted by Gasteiger charge is -2.34. The summed E-state index contributed by atoms with van der Waals surface area (Å²) in [7, 11) is 0. The van der Waals surface area contributed by atoms with E-state index in [2.05, 4.69) is 10.2 Å². The minimum atomic E-state index is -0.662. The van der Waals surface area contributed by atoms with E-state index in [4.69, 9.17) is 23.2 Å². The maximum atomic E-state index is 11.5. The summed E-state index contributed by atoms with van der Waals surface area (Å²) in [6.45, 7) is 4.02. The number of β-amino-alcohol motifs (C(OH)–C–C–N with tert-alkyl or cyclic N) is 1. The second-order valence-electron chi connectivity index (χ2n) is 5.70. The van der Waals surface area contributed by atoms with Gasteiger partial charge in [0.2, 0.25) is 5.91 Å². The number of amides is 1. The Morgan fingerprint density at radius 1 is 1.50 bits per heavy atom. The minimum absolute atomic E-state index is 0.0770. The Morgan fingerprint density at radius 2 is 2.27 bits per heavy atom. The minimum Gasteiger partial charge on any atom is -0.387 e. The van der Waals surface area contributed by atoms with Gasteiger partial charge >= 0.3 is 0 Å². The number of likely N-dealkylation sites (tertiary alicyclic amines) is 1. The average Bonchev–Trinajstić information content (AvgIpc) is 2.47. The van der Waals surface area contributed by atoms with E-state index in [0.29, 0.717) is 28.6 Å². The van der Waals surface area contributed by atoms with E-state index in [1.54, 1.807) is 18.2 Å². The van der Waals surface area contributed by atoms with E-state index in [9.17, 15) is 9.90 Å². The Bertz CT molecular complexity index is 525. The number of benzene rings is 1. The molecule has 1 amide bonds. The molecule has 1 heterocycles. The fourth-order valence-electron chi connectivity index (χ4n) is 2.78. The molecule has 0 radical (unpaired) electrons. The Balaban J connectivity index is 1.93. The molecule has 1 aromatic rings. The molecule has 2 atom stereocenters. The van der Waals surface area contributed by atoms with Gasteiger partial charge in [-0.2, -0.15) is 0 Å². The molecule has 0 spiro atoms. The zero-order valence-corrected chi connectivity index (χ0v) is 14.2. The highest BCUT2D eigenvalue weighted by atomic mass is 35.5. The lowest BCUT2D eigenvalue weighted by atomic mass is 10.0. The highest BCUT2D eigenvalue weighted by Gasteiger charge is 2.23. The van der Waals surface area contributed by atoms with Gasteiger partial charge < -0.3 is 10.4 Å². The summed E-state index contributed by atoms with van der Waals surface area (Å²) in [6.07, 6.45) is 1.83. The third kappa shape index (κ3) is 4.85. The average molecular weight is 345 g/mol. The molecule has 0 aliphatic carbocycles. The lowest BCUT2D eigenvalue weighted by Crippen LogP contribution is -2.48. The van der Waals surface area contributed by atoms with E-state index in [0.717, 1.165) is 25.9 Å². The van der Waals surface area contributed by atoms with Crippen LogP contribution in [0.2, 0.25) is 10.0 Å². The summed E-state index contributed by atoms with van der Waals surface area (Å²) in [6, 6.07) is 5.29. The van der Waals surface area contributed by atoms with E-state index in [-0.39, 0.29) is 11.9 Å². The van der Waals surface area contributed by atoms with Crippen molar-refractivity contribution in [3.63, 3.8) is 0 Å². The standard InChI is InChI=1S/C16H22Cl2N2O2/c1-2-16(22)19-12-4-3-7-20(9-12)10-15(21)13-6-5-11(17)8-14(13)18/h5-6,8,12,15,21H,2-4,7,9-10H2,1H3,(H,19,22)/t12-,15-/m0/s1. The molecular formula is C16H22Cl2N2O2. The van der Waals surface area contributed by atoms with Crippen molar-refractivity contribution in [1.82, 2.24) is 10.2 Å². The maximum absolute atomic E-state index is 11.5. The van der Waals surface area contributed by atoms with E-state index in [1.165, 1.54) is 0 Å². The summed E-state index contributed by atoms with van der Waals surface area (Å²) in [5.41, 5.74) is 0.686. The van der Waals surface area contributed by atoms with Crippen molar-refractivity contribution in [3.8, 4) is 0 Å². The van der Waals surface area contributed by atoms with Gasteiger partial charge in [0.25, 0.3) is 0 Å². The third-order valence-electron chi connectivity index (χ3n) is 3.94. The molecule has 1 aliphatic rings. The topological polar surface area (TPSA) is 52.6 Å². The molecule has 22 heavy (non-hydrogen) atoms. The van der Waals surface area contributed by atoms with Crippen LogP contribution in [0.5, 0.6) is 0 Å². The van der Waals surface area contributed by atoms with E-state index < -0.39 is 6.10 Å².